The molecule has 278 valence electrons. The van der Waals surface area contributed by atoms with E-state index in [2.05, 4.69) is 141 Å². The number of nitrogens with zero attached hydrogens (tertiary/aromatic N) is 3. The Morgan fingerprint density at radius 1 is 0.339 bits per heavy atom. The summed E-state index contributed by atoms with van der Waals surface area (Å²) in [6.45, 7) is 4.55. The van der Waals surface area contributed by atoms with E-state index in [1.165, 1.54) is 49.2 Å². The van der Waals surface area contributed by atoms with E-state index in [-0.39, 0.29) is 5.41 Å². The van der Waals surface area contributed by atoms with Crippen LogP contribution in [0.5, 0.6) is 23.0 Å². The minimum absolute atomic E-state index is 0.157. The van der Waals surface area contributed by atoms with E-state index in [0.29, 0.717) is 34.7 Å². The van der Waals surface area contributed by atoms with Crippen LogP contribution in [0.2, 0.25) is 0 Å². The molecule has 0 spiro atoms. The molecule has 0 unspecified atom stereocenters. The molecule has 0 saturated heterocycles. The van der Waals surface area contributed by atoms with E-state index >= 15 is 0 Å². The second-order valence-electron chi connectivity index (χ2n) is 16.0. The number of para-hydroxylation sites is 1. The number of aromatic nitrogens is 3. The van der Waals surface area contributed by atoms with Crippen molar-refractivity contribution in [3.8, 4) is 79.4 Å². The average molecular weight is 758 g/mol. The van der Waals surface area contributed by atoms with Crippen LogP contribution in [-0.4, -0.2) is 15.0 Å². The Balaban J connectivity index is 0.970. The molecule has 12 rings (SSSR count). The number of benzene rings is 9. The predicted molar refractivity (Wildman–Crippen MR) is 238 cm³/mol. The van der Waals surface area contributed by atoms with E-state index < -0.39 is 0 Å². The molecule has 0 N–H and O–H groups in total. The zero-order chi connectivity index (χ0) is 39.2. The van der Waals surface area contributed by atoms with Gasteiger partial charge in [-0.3, -0.25) is 0 Å². The number of rotatable bonds is 4. The van der Waals surface area contributed by atoms with Crippen molar-refractivity contribution < 1.29 is 9.47 Å². The zero-order valence-electron chi connectivity index (χ0n) is 32.4. The second-order valence-corrected chi connectivity index (χ2v) is 16.0. The van der Waals surface area contributed by atoms with Gasteiger partial charge < -0.3 is 9.47 Å². The Morgan fingerprint density at radius 2 is 0.881 bits per heavy atom. The molecule has 59 heavy (non-hydrogen) atoms. The SMILES string of the molecule is CC1(C)c2ccccc2-c2cc3c(cc21)Oc1c(cccc1-c1cccc(-c2nc(-c4ccccc4)nc(-c4ccc5c6ccccc6c6ccccc6c5c4)n2)c1)O3. The van der Waals surface area contributed by atoms with Gasteiger partial charge in [0.15, 0.2) is 40.5 Å². The summed E-state index contributed by atoms with van der Waals surface area (Å²) in [6.07, 6.45) is 0. The molecular weight excluding hydrogens is 723 g/mol. The minimum atomic E-state index is -0.157. The minimum Gasteiger partial charge on any atom is -0.449 e. The predicted octanol–water partition coefficient (Wildman–Crippen LogP) is 14.2. The zero-order valence-corrected chi connectivity index (χ0v) is 32.4. The van der Waals surface area contributed by atoms with Gasteiger partial charge in [0.05, 0.1) is 0 Å². The molecule has 9 aromatic carbocycles. The molecule has 0 radical (unpaired) electrons. The Hall–Kier alpha value is -7.63. The highest BCUT2D eigenvalue weighted by atomic mass is 16.6. The lowest BCUT2D eigenvalue weighted by molar-refractivity contribution is 0.360. The third-order valence-electron chi connectivity index (χ3n) is 12.2. The fourth-order valence-corrected chi connectivity index (χ4v) is 9.25. The summed E-state index contributed by atoms with van der Waals surface area (Å²) in [5.41, 5.74) is 9.43. The van der Waals surface area contributed by atoms with Crippen LogP contribution in [0.4, 0.5) is 0 Å². The quantitative estimate of drug-likeness (QED) is 0.167. The number of ether oxygens (including phenoxy) is 2. The Morgan fingerprint density at radius 3 is 1.63 bits per heavy atom. The lowest BCUT2D eigenvalue weighted by Crippen LogP contribution is -2.15. The van der Waals surface area contributed by atoms with Crippen LogP contribution < -0.4 is 9.47 Å². The maximum Gasteiger partial charge on any atom is 0.177 e. The van der Waals surface area contributed by atoms with Crippen molar-refractivity contribution in [1.29, 1.82) is 0 Å². The summed E-state index contributed by atoms with van der Waals surface area (Å²) in [4.78, 5) is 15.4. The molecule has 0 bridgehead atoms. The third kappa shape index (κ3) is 5.21. The monoisotopic (exact) mass is 757 g/mol. The van der Waals surface area contributed by atoms with E-state index in [4.69, 9.17) is 24.4 Å². The summed E-state index contributed by atoms with van der Waals surface area (Å²) in [5.74, 6) is 4.61. The molecule has 0 saturated carbocycles. The molecule has 1 aromatic heterocycles. The van der Waals surface area contributed by atoms with Crippen molar-refractivity contribution in [2.75, 3.05) is 0 Å². The Kier molecular flexibility index (Phi) is 7.20. The Bertz CT molecular complexity index is 3340. The van der Waals surface area contributed by atoms with Crippen molar-refractivity contribution >= 4 is 32.3 Å². The van der Waals surface area contributed by atoms with Gasteiger partial charge in [-0.05, 0) is 90.5 Å². The molecule has 0 amide bonds. The largest absolute Gasteiger partial charge is 0.449 e. The van der Waals surface area contributed by atoms with Gasteiger partial charge in [-0.15, -0.1) is 0 Å². The first-order valence-corrected chi connectivity index (χ1v) is 20.0. The second kappa shape index (κ2) is 12.7. The van der Waals surface area contributed by atoms with Gasteiger partial charge >= 0.3 is 0 Å². The molecule has 1 aliphatic heterocycles. The van der Waals surface area contributed by atoms with Gasteiger partial charge in [-0.25, -0.2) is 15.0 Å². The maximum atomic E-state index is 6.81. The first kappa shape index (κ1) is 33.5. The van der Waals surface area contributed by atoms with E-state index in [9.17, 15) is 0 Å². The maximum absolute atomic E-state index is 6.81. The van der Waals surface area contributed by atoms with Gasteiger partial charge in [0.25, 0.3) is 0 Å². The highest BCUT2D eigenvalue weighted by Crippen LogP contribution is 2.56. The fraction of sp³-hybridized carbons (Fsp3) is 0.0556. The van der Waals surface area contributed by atoms with E-state index in [1.807, 2.05) is 48.5 Å². The molecule has 2 aliphatic rings. The highest BCUT2D eigenvalue weighted by molar-refractivity contribution is 6.25. The molecule has 2 heterocycles. The van der Waals surface area contributed by atoms with Crippen molar-refractivity contribution in [2.24, 2.45) is 0 Å². The normalized spacial score (nSPS) is 13.3. The van der Waals surface area contributed by atoms with E-state index in [0.717, 1.165) is 39.0 Å². The summed E-state index contributed by atoms with van der Waals surface area (Å²) in [6, 6.07) is 61.3. The number of hydrogen-bond donors (Lipinski definition) is 0. The molecule has 5 heteroatoms. The molecule has 5 nitrogen and oxygen atoms in total. The summed E-state index contributed by atoms with van der Waals surface area (Å²) in [5, 5.41) is 7.27. The molecule has 0 fully saturated rings. The summed E-state index contributed by atoms with van der Waals surface area (Å²) >= 11 is 0. The fourth-order valence-electron chi connectivity index (χ4n) is 9.25. The lowest BCUT2D eigenvalue weighted by atomic mass is 9.82. The first-order chi connectivity index (χ1) is 29.0. The van der Waals surface area contributed by atoms with Gasteiger partial charge in [-0.2, -0.15) is 0 Å². The molecule has 10 aromatic rings. The van der Waals surface area contributed by atoms with Crippen molar-refractivity contribution in [1.82, 2.24) is 15.0 Å². The van der Waals surface area contributed by atoms with E-state index in [1.54, 1.807) is 0 Å². The van der Waals surface area contributed by atoms with Crippen LogP contribution in [-0.2, 0) is 5.41 Å². The Labute approximate surface area is 341 Å². The van der Waals surface area contributed by atoms with Gasteiger partial charge in [-0.1, -0.05) is 159 Å². The average Bonchev–Trinajstić information content (AvgIpc) is 3.52. The lowest BCUT2D eigenvalue weighted by Gasteiger charge is -2.26. The van der Waals surface area contributed by atoms with Gasteiger partial charge in [0.2, 0.25) is 0 Å². The van der Waals surface area contributed by atoms with Crippen LogP contribution in [0.3, 0.4) is 0 Å². The van der Waals surface area contributed by atoms with Gasteiger partial charge in [0.1, 0.15) is 0 Å². The van der Waals surface area contributed by atoms with Crippen LogP contribution in [0.15, 0.2) is 176 Å². The topological polar surface area (TPSA) is 57.1 Å². The highest BCUT2D eigenvalue weighted by Gasteiger charge is 2.37. The first-order valence-electron chi connectivity index (χ1n) is 20.0. The van der Waals surface area contributed by atoms with Crippen molar-refractivity contribution in [2.45, 2.75) is 19.3 Å². The number of fused-ring (bicyclic) bond motifs is 11. The van der Waals surface area contributed by atoms with Crippen molar-refractivity contribution in [3.05, 3.63) is 187 Å². The smallest absolute Gasteiger partial charge is 0.177 e. The van der Waals surface area contributed by atoms with Crippen LogP contribution in [0.25, 0.3) is 88.7 Å². The number of hydrogen-bond acceptors (Lipinski definition) is 5. The molecule has 0 atom stereocenters. The molecular formula is C54H35N3O2. The standard InChI is InChI=1S/C54H35N3O2/c1-54(2)45-24-11-10-22-42(45)44-30-48-49(31-46(44)54)59-50-36(23-13-25-47(50)58-48)33-16-12-17-34(28-33)52-55-51(32-14-4-3-5-15-32)56-53(57-52)35-26-27-41-39-20-7-6-18-37(39)38-19-8-9-21-40(38)43(41)29-35/h3-31H,1-2H3. The van der Waals surface area contributed by atoms with Crippen LogP contribution >= 0.6 is 0 Å². The van der Waals surface area contributed by atoms with Crippen LogP contribution in [0, 0.1) is 0 Å². The van der Waals surface area contributed by atoms with Gasteiger partial charge in [0, 0.05) is 27.7 Å². The summed E-state index contributed by atoms with van der Waals surface area (Å²) < 4.78 is 13.4. The summed E-state index contributed by atoms with van der Waals surface area (Å²) in [7, 11) is 0. The molecule has 1 aliphatic carbocycles. The van der Waals surface area contributed by atoms with Crippen molar-refractivity contribution in [3.63, 3.8) is 0 Å². The van der Waals surface area contributed by atoms with Crippen LogP contribution in [0.1, 0.15) is 25.0 Å². The third-order valence-corrected chi connectivity index (χ3v) is 12.2.